The van der Waals surface area contributed by atoms with Crippen molar-refractivity contribution in [1.82, 2.24) is 20.0 Å². The average molecular weight is 553 g/mol. The van der Waals surface area contributed by atoms with Crippen LogP contribution in [0.2, 0.25) is 0 Å². The summed E-state index contributed by atoms with van der Waals surface area (Å²) >= 11 is 0. The van der Waals surface area contributed by atoms with Crippen molar-refractivity contribution in [3.8, 4) is 5.75 Å². The highest BCUT2D eigenvalue weighted by Crippen LogP contribution is 2.43. The number of ether oxygens (including phenoxy) is 1. The smallest absolute Gasteiger partial charge is 0.416 e. The molecule has 0 fully saturated rings. The van der Waals surface area contributed by atoms with Gasteiger partial charge in [-0.1, -0.05) is 23.4 Å². The van der Waals surface area contributed by atoms with Gasteiger partial charge in [-0.15, -0.1) is 0 Å². The molecule has 0 spiro atoms. The number of H-pyrrole nitrogens is 1. The third-order valence-electron chi connectivity index (χ3n) is 7.77. The summed E-state index contributed by atoms with van der Waals surface area (Å²) in [6.45, 7) is 1.37. The molecule has 0 amide bonds. The Labute approximate surface area is 227 Å². The molecule has 2 atom stereocenters. The van der Waals surface area contributed by atoms with Crippen LogP contribution in [0.1, 0.15) is 69.8 Å². The minimum atomic E-state index is -4.45. The summed E-state index contributed by atoms with van der Waals surface area (Å²) in [5, 5.41) is 13.3. The molecule has 0 unspecified atom stereocenters. The van der Waals surface area contributed by atoms with E-state index in [0.717, 1.165) is 22.5 Å². The molecule has 3 heterocycles. The lowest BCUT2D eigenvalue weighted by Crippen LogP contribution is -2.31. The van der Waals surface area contributed by atoms with Crippen LogP contribution in [-0.4, -0.2) is 37.6 Å². The maximum absolute atomic E-state index is 14.1. The predicted octanol–water partition coefficient (Wildman–Crippen LogP) is 5.65. The van der Waals surface area contributed by atoms with E-state index in [2.05, 4.69) is 15.1 Å². The number of aliphatic carboxylic acids is 1. The van der Waals surface area contributed by atoms with E-state index < -0.39 is 23.6 Å². The van der Waals surface area contributed by atoms with Gasteiger partial charge in [-0.3, -0.25) is 9.69 Å². The Morgan fingerprint density at radius 3 is 2.73 bits per heavy atom. The number of hydrogen-bond acceptors (Lipinski definition) is 6. The molecule has 2 aromatic heterocycles. The largest absolute Gasteiger partial charge is 0.486 e. The lowest BCUT2D eigenvalue weighted by Gasteiger charge is -2.28. The lowest BCUT2D eigenvalue weighted by molar-refractivity contribution is -0.139. The molecule has 4 aromatic rings. The molecule has 0 saturated heterocycles. The van der Waals surface area contributed by atoms with Crippen LogP contribution in [0.5, 0.6) is 5.75 Å². The number of fused-ring (bicyclic) bond motifs is 2. The number of alkyl halides is 3. The molecule has 11 heteroatoms. The molecule has 40 heavy (non-hydrogen) atoms. The number of aromatic nitrogens is 3. The summed E-state index contributed by atoms with van der Waals surface area (Å²) in [5.74, 6) is -0.881. The highest BCUT2D eigenvalue weighted by atomic mass is 19.4. The van der Waals surface area contributed by atoms with Crippen LogP contribution in [0.15, 0.2) is 59.6 Å². The van der Waals surface area contributed by atoms with Crippen molar-refractivity contribution in [3.63, 3.8) is 0 Å². The maximum Gasteiger partial charge on any atom is 0.416 e. The van der Waals surface area contributed by atoms with Gasteiger partial charge in [0, 0.05) is 38.0 Å². The van der Waals surface area contributed by atoms with Crippen molar-refractivity contribution < 1.29 is 32.3 Å². The number of hydrogen-bond donors (Lipinski definition) is 2. The number of carboxylic acids is 1. The minimum Gasteiger partial charge on any atom is -0.486 e. The molecule has 0 bridgehead atoms. The summed E-state index contributed by atoms with van der Waals surface area (Å²) in [6, 6.07) is 11.4. The first-order chi connectivity index (χ1) is 19.3. The van der Waals surface area contributed by atoms with Gasteiger partial charge in [0.15, 0.2) is 0 Å². The van der Waals surface area contributed by atoms with E-state index in [9.17, 15) is 23.1 Å². The van der Waals surface area contributed by atoms with Gasteiger partial charge in [-0.2, -0.15) is 13.2 Å². The third kappa shape index (κ3) is 5.21. The highest BCUT2D eigenvalue weighted by Gasteiger charge is 2.38. The molecule has 8 nitrogen and oxygen atoms in total. The van der Waals surface area contributed by atoms with Gasteiger partial charge in [0.2, 0.25) is 0 Å². The number of nitrogens with one attached hydrogen (secondary N) is 1. The topological polar surface area (TPSA) is 104 Å². The summed E-state index contributed by atoms with van der Waals surface area (Å²) in [7, 11) is 0. The fourth-order valence-electron chi connectivity index (χ4n) is 5.85. The van der Waals surface area contributed by atoms with Crippen molar-refractivity contribution in [2.24, 2.45) is 0 Å². The molecule has 1 aliphatic carbocycles. The normalized spacial score (nSPS) is 17.8. The fraction of sp³-hybridized carbons (Fsp3) is 0.345. The first-order valence-electron chi connectivity index (χ1n) is 13.1. The first kappa shape index (κ1) is 26.1. The minimum absolute atomic E-state index is 0.147. The van der Waals surface area contributed by atoms with Gasteiger partial charge in [0.1, 0.15) is 18.1 Å². The Morgan fingerprint density at radius 2 is 2.00 bits per heavy atom. The number of benzene rings is 2. The standard InChI is InChI=1S/C29H27F3N4O4/c30-29(31,32)23-7-5-20-19(22(23)14-36-11-9-25-26(15-36)34-16-33-25)6-8-27(20)40-18-3-1-17(2-4-18)21(13-28(37)38)24-10-12-39-35-24/h1-5,7,10,12,16,21,27H,6,8-9,11,13-15H2,(H,33,34)(H,37,38)/t21-,27+/m0/s1. The Bertz CT molecular complexity index is 1500. The number of carbonyl (C=O) groups is 1. The van der Waals surface area contributed by atoms with Crippen LogP contribution in [0.3, 0.4) is 0 Å². The number of halogens is 3. The summed E-state index contributed by atoms with van der Waals surface area (Å²) in [4.78, 5) is 20.8. The van der Waals surface area contributed by atoms with Crippen LogP contribution in [0.25, 0.3) is 0 Å². The van der Waals surface area contributed by atoms with E-state index in [1.165, 1.54) is 12.3 Å². The zero-order valence-electron chi connectivity index (χ0n) is 21.4. The predicted molar refractivity (Wildman–Crippen MR) is 137 cm³/mol. The number of rotatable bonds is 8. The van der Waals surface area contributed by atoms with Crippen LogP contribution >= 0.6 is 0 Å². The fourth-order valence-corrected chi connectivity index (χ4v) is 5.85. The maximum atomic E-state index is 14.1. The molecule has 2 N–H and O–H groups in total. The SMILES string of the molecule is O=C(O)C[C@@H](c1ccc(O[C@@H]2CCc3c2ccc(C(F)(F)F)c3CN2CCc3nc[nH]c3C2)cc1)c1ccon1. The van der Waals surface area contributed by atoms with E-state index in [-0.39, 0.29) is 19.1 Å². The second-order valence-corrected chi connectivity index (χ2v) is 10.2. The van der Waals surface area contributed by atoms with E-state index in [4.69, 9.17) is 9.26 Å². The van der Waals surface area contributed by atoms with Gasteiger partial charge in [-0.05, 0) is 53.3 Å². The van der Waals surface area contributed by atoms with Crippen LogP contribution < -0.4 is 4.74 Å². The van der Waals surface area contributed by atoms with Crippen LogP contribution in [0, 0.1) is 0 Å². The summed E-state index contributed by atoms with van der Waals surface area (Å²) < 4.78 is 53.4. The molecule has 6 rings (SSSR count). The van der Waals surface area contributed by atoms with E-state index in [0.29, 0.717) is 54.9 Å². The Hall–Kier alpha value is -4.12. The lowest BCUT2D eigenvalue weighted by atomic mass is 9.92. The van der Waals surface area contributed by atoms with Crippen molar-refractivity contribution in [2.75, 3.05) is 6.54 Å². The van der Waals surface area contributed by atoms with Crippen molar-refractivity contribution in [3.05, 3.63) is 100.0 Å². The van der Waals surface area contributed by atoms with E-state index in [1.807, 2.05) is 4.90 Å². The molecule has 208 valence electrons. The zero-order chi connectivity index (χ0) is 27.9. The Morgan fingerprint density at radius 1 is 1.18 bits per heavy atom. The molecular weight excluding hydrogens is 525 g/mol. The first-order valence-corrected chi connectivity index (χ1v) is 13.1. The average Bonchev–Trinajstić information content (AvgIpc) is 3.69. The molecule has 1 aliphatic heterocycles. The Balaban J connectivity index is 1.23. The van der Waals surface area contributed by atoms with E-state index in [1.54, 1.807) is 42.7 Å². The molecule has 0 radical (unpaired) electrons. The third-order valence-corrected chi connectivity index (χ3v) is 7.77. The van der Waals surface area contributed by atoms with Gasteiger partial charge >= 0.3 is 12.1 Å². The highest BCUT2D eigenvalue weighted by molar-refractivity contribution is 5.69. The van der Waals surface area contributed by atoms with Gasteiger partial charge in [-0.25, -0.2) is 4.98 Å². The second-order valence-electron chi connectivity index (χ2n) is 10.2. The second kappa shape index (κ2) is 10.5. The van der Waals surface area contributed by atoms with Crippen molar-refractivity contribution in [1.29, 1.82) is 0 Å². The van der Waals surface area contributed by atoms with Crippen molar-refractivity contribution in [2.45, 2.75) is 57.0 Å². The molecule has 2 aromatic carbocycles. The van der Waals surface area contributed by atoms with Crippen molar-refractivity contribution >= 4 is 5.97 Å². The van der Waals surface area contributed by atoms with Gasteiger partial charge in [0.05, 0.1) is 35.4 Å². The zero-order valence-corrected chi connectivity index (χ0v) is 21.4. The van der Waals surface area contributed by atoms with E-state index >= 15 is 0 Å². The van der Waals surface area contributed by atoms with Crippen LogP contribution in [0.4, 0.5) is 13.2 Å². The Kier molecular flexibility index (Phi) is 6.83. The summed E-state index contributed by atoms with van der Waals surface area (Å²) in [6.07, 6.45) is -0.198. The number of carboxylic acid groups (broad SMARTS) is 1. The van der Waals surface area contributed by atoms with Crippen LogP contribution in [-0.2, 0) is 36.9 Å². The number of nitrogens with zero attached hydrogens (tertiary/aromatic N) is 3. The van der Waals surface area contributed by atoms with Gasteiger partial charge < -0.3 is 19.4 Å². The van der Waals surface area contributed by atoms with Gasteiger partial charge in [0.25, 0.3) is 0 Å². The molecule has 0 saturated carbocycles. The summed E-state index contributed by atoms with van der Waals surface area (Å²) in [5.41, 5.74) is 4.40. The number of aromatic amines is 1. The number of imidazole rings is 1. The molecule has 2 aliphatic rings. The quantitative estimate of drug-likeness (QED) is 0.291. The monoisotopic (exact) mass is 552 g/mol. The molecular formula is C29H27F3N4O4.